The number of ketones is 1. The van der Waals surface area contributed by atoms with Crippen LogP contribution in [-0.4, -0.2) is 45.3 Å². The molecule has 1 aliphatic rings. The van der Waals surface area contributed by atoms with E-state index in [0.29, 0.717) is 29.3 Å². The topological polar surface area (TPSA) is 82.5 Å². The lowest BCUT2D eigenvalue weighted by Crippen LogP contribution is -2.55. The zero-order chi connectivity index (χ0) is 22.1. The third-order valence-electron chi connectivity index (χ3n) is 5.79. The van der Waals surface area contributed by atoms with Gasteiger partial charge in [-0.15, -0.1) is 0 Å². The Morgan fingerprint density at radius 2 is 2.03 bits per heavy atom. The number of allylic oxidation sites excluding steroid dienone is 1. The molecule has 1 aliphatic heterocycles. The molecule has 7 nitrogen and oxygen atoms in total. The van der Waals surface area contributed by atoms with Gasteiger partial charge in [0.25, 0.3) is 5.56 Å². The van der Waals surface area contributed by atoms with E-state index in [9.17, 15) is 9.59 Å². The number of carbonyl (C=O) groups is 1. The van der Waals surface area contributed by atoms with E-state index in [1.54, 1.807) is 12.1 Å². The van der Waals surface area contributed by atoms with Gasteiger partial charge in [-0.1, -0.05) is 13.0 Å². The predicted octanol–water partition coefficient (Wildman–Crippen LogP) is 3.04. The zero-order valence-corrected chi connectivity index (χ0v) is 18.5. The number of H-pyrrole nitrogens is 1. The van der Waals surface area contributed by atoms with Crippen LogP contribution in [0.2, 0.25) is 0 Å². The van der Waals surface area contributed by atoms with Crippen LogP contribution >= 0.6 is 0 Å². The number of imidazole rings is 1. The van der Waals surface area contributed by atoms with Gasteiger partial charge >= 0.3 is 0 Å². The number of nitrogens with one attached hydrogen (secondary N) is 2. The minimum atomic E-state index is -0.211. The highest BCUT2D eigenvalue weighted by Gasteiger charge is 2.23. The van der Waals surface area contributed by atoms with Gasteiger partial charge in [0, 0.05) is 55.1 Å². The molecule has 0 spiro atoms. The minimum absolute atomic E-state index is 0.0480. The summed E-state index contributed by atoms with van der Waals surface area (Å²) < 4.78 is 1.90. The van der Waals surface area contributed by atoms with E-state index in [0.717, 1.165) is 30.1 Å². The highest BCUT2D eigenvalue weighted by Crippen LogP contribution is 2.22. The highest BCUT2D eigenvalue weighted by atomic mass is 16.1. The van der Waals surface area contributed by atoms with Gasteiger partial charge in [-0.25, -0.2) is 4.98 Å². The molecule has 4 rings (SSSR count). The first-order valence-corrected chi connectivity index (χ1v) is 10.8. The average molecular weight is 420 g/mol. The fraction of sp³-hybridized carbons (Fsp3) is 0.375. The average Bonchev–Trinajstić information content (AvgIpc) is 3.16. The van der Waals surface area contributed by atoms with Gasteiger partial charge < -0.3 is 19.6 Å². The van der Waals surface area contributed by atoms with E-state index in [4.69, 9.17) is 0 Å². The SMILES string of the molecule is CCC(=O)/C(=C\c1ccc(N2CC(C)NCC2C)[nH]c1=O)c1cn2cc(C)ccc2n1. The second-order valence-corrected chi connectivity index (χ2v) is 8.37. The van der Waals surface area contributed by atoms with Crippen molar-refractivity contribution in [3.8, 4) is 0 Å². The fourth-order valence-corrected chi connectivity index (χ4v) is 3.99. The van der Waals surface area contributed by atoms with E-state index >= 15 is 0 Å². The Morgan fingerprint density at radius 3 is 2.77 bits per heavy atom. The fourth-order valence-electron chi connectivity index (χ4n) is 3.99. The number of nitrogens with zero attached hydrogens (tertiary/aromatic N) is 3. The van der Waals surface area contributed by atoms with Gasteiger partial charge in [-0.05, 0) is 50.6 Å². The number of Topliss-reactive ketones (excluding diaryl/α,β-unsaturated/α-hetero) is 1. The van der Waals surface area contributed by atoms with Gasteiger partial charge in [0.2, 0.25) is 0 Å². The summed E-state index contributed by atoms with van der Waals surface area (Å²) in [6.07, 6.45) is 5.81. The molecule has 3 aromatic heterocycles. The number of carbonyl (C=O) groups excluding carboxylic acids is 1. The Bertz CT molecular complexity index is 1210. The van der Waals surface area contributed by atoms with Crippen molar-refractivity contribution in [1.29, 1.82) is 0 Å². The highest BCUT2D eigenvalue weighted by molar-refractivity contribution is 6.24. The normalized spacial score (nSPS) is 19.7. The molecular weight excluding hydrogens is 390 g/mol. The molecule has 2 N–H and O–H groups in total. The largest absolute Gasteiger partial charge is 0.353 e. The smallest absolute Gasteiger partial charge is 0.256 e. The maximum Gasteiger partial charge on any atom is 0.256 e. The number of rotatable bonds is 5. The van der Waals surface area contributed by atoms with E-state index in [2.05, 4.69) is 34.0 Å². The van der Waals surface area contributed by atoms with Gasteiger partial charge in [-0.3, -0.25) is 9.59 Å². The Morgan fingerprint density at radius 1 is 1.23 bits per heavy atom. The first-order chi connectivity index (χ1) is 14.9. The number of hydrogen-bond donors (Lipinski definition) is 2. The molecule has 0 amide bonds. The van der Waals surface area contributed by atoms with Crippen LogP contribution in [0.1, 0.15) is 44.0 Å². The molecule has 1 fully saturated rings. The summed E-state index contributed by atoms with van der Waals surface area (Å²) >= 11 is 0. The van der Waals surface area contributed by atoms with Crippen molar-refractivity contribution in [2.24, 2.45) is 0 Å². The van der Waals surface area contributed by atoms with Gasteiger partial charge in [0.15, 0.2) is 5.78 Å². The summed E-state index contributed by atoms with van der Waals surface area (Å²) in [6.45, 7) is 9.78. The van der Waals surface area contributed by atoms with Crippen LogP contribution in [0.4, 0.5) is 5.82 Å². The maximum atomic E-state index is 12.9. The summed E-state index contributed by atoms with van der Waals surface area (Å²) in [4.78, 5) is 35.4. The molecule has 3 aromatic rings. The number of aryl methyl sites for hydroxylation is 1. The minimum Gasteiger partial charge on any atom is -0.353 e. The van der Waals surface area contributed by atoms with Crippen LogP contribution in [-0.2, 0) is 4.79 Å². The molecule has 1 saturated heterocycles. The second-order valence-electron chi connectivity index (χ2n) is 8.37. The van der Waals surface area contributed by atoms with E-state index in [1.807, 2.05) is 48.8 Å². The number of anilines is 1. The molecule has 2 unspecified atom stereocenters. The molecule has 0 aliphatic carbocycles. The lowest BCUT2D eigenvalue weighted by Gasteiger charge is -2.38. The molecular formula is C24H29N5O2. The third-order valence-corrected chi connectivity index (χ3v) is 5.79. The van der Waals surface area contributed by atoms with E-state index < -0.39 is 0 Å². The van der Waals surface area contributed by atoms with Crippen molar-refractivity contribution in [1.82, 2.24) is 19.7 Å². The Hall–Kier alpha value is -3.19. The Kier molecular flexibility index (Phi) is 5.78. The van der Waals surface area contributed by atoms with Gasteiger partial charge in [0.05, 0.1) is 5.69 Å². The molecule has 162 valence electrons. The van der Waals surface area contributed by atoms with Crippen LogP contribution in [0.3, 0.4) is 0 Å². The van der Waals surface area contributed by atoms with Gasteiger partial charge in [-0.2, -0.15) is 0 Å². The Labute approximate surface area is 181 Å². The molecule has 0 radical (unpaired) electrons. The first-order valence-electron chi connectivity index (χ1n) is 10.8. The lowest BCUT2D eigenvalue weighted by atomic mass is 10.0. The molecule has 0 saturated carbocycles. The summed E-state index contributed by atoms with van der Waals surface area (Å²) in [5, 5.41) is 3.45. The first kappa shape index (κ1) is 21.1. The van der Waals surface area contributed by atoms with Crippen molar-refractivity contribution in [3.63, 3.8) is 0 Å². The zero-order valence-electron chi connectivity index (χ0n) is 18.5. The quantitative estimate of drug-likeness (QED) is 0.621. The van der Waals surface area contributed by atoms with Gasteiger partial charge in [0.1, 0.15) is 11.5 Å². The Balaban J connectivity index is 1.72. The number of piperazine rings is 1. The summed E-state index contributed by atoms with van der Waals surface area (Å²) in [6, 6.07) is 8.25. The molecule has 4 heterocycles. The number of fused-ring (bicyclic) bond motifs is 1. The van der Waals surface area contributed by atoms with Crippen LogP contribution in [0.5, 0.6) is 0 Å². The maximum absolute atomic E-state index is 12.9. The third kappa shape index (κ3) is 4.32. The number of aromatic amines is 1. The number of aromatic nitrogens is 3. The van der Waals surface area contributed by atoms with Crippen LogP contribution in [0.25, 0.3) is 17.3 Å². The van der Waals surface area contributed by atoms with E-state index in [1.165, 1.54) is 0 Å². The summed E-state index contributed by atoms with van der Waals surface area (Å²) in [5.41, 5.74) is 3.13. The second kappa shape index (κ2) is 8.51. The van der Waals surface area contributed by atoms with Crippen LogP contribution in [0, 0.1) is 6.92 Å². The molecule has 2 atom stereocenters. The summed E-state index contributed by atoms with van der Waals surface area (Å²) in [7, 11) is 0. The standard InChI is InChI=1S/C24H29N5O2/c1-5-21(30)19(20-14-28-12-15(2)6-8-22(28)26-20)10-18-7-9-23(27-24(18)31)29-13-16(3)25-11-17(29)4/h6-10,12,14,16-17,25H,5,11,13H2,1-4H3,(H,27,31)/b19-10-. The van der Waals surface area contributed by atoms with Crippen LogP contribution < -0.4 is 15.8 Å². The molecule has 0 aromatic carbocycles. The number of pyridine rings is 2. The number of hydrogen-bond acceptors (Lipinski definition) is 5. The predicted molar refractivity (Wildman–Crippen MR) is 124 cm³/mol. The van der Waals surface area contributed by atoms with E-state index in [-0.39, 0.29) is 17.4 Å². The van der Waals surface area contributed by atoms with Crippen molar-refractivity contribution in [2.45, 2.75) is 46.2 Å². The molecule has 0 bridgehead atoms. The van der Waals surface area contributed by atoms with Crippen molar-refractivity contribution in [3.05, 3.63) is 63.8 Å². The monoisotopic (exact) mass is 419 g/mol. The summed E-state index contributed by atoms with van der Waals surface area (Å²) in [5.74, 6) is 0.753. The molecule has 31 heavy (non-hydrogen) atoms. The van der Waals surface area contributed by atoms with Crippen molar-refractivity contribution < 1.29 is 4.79 Å². The van der Waals surface area contributed by atoms with Crippen LogP contribution in [0.15, 0.2) is 41.5 Å². The van der Waals surface area contributed by atoms with Crippen molar-refractivity contribution >= 4 is 28.9 Å². The van der Waals surface area contributed by atoms with Crippen molar-refractivity contribution in [2.75, 3.05) is 18.0 Å². The lowest BCUT2D eigenvalue weighted by molar-refractivity contribution is -0.113. The molecule has 7 heteroatoms.